The van der Waals surface area contributed by atoms with Crippen molar-refractivity contribution in [3.8, 4) is 0 Å². The van der Waals surface area contributed by atoms with E-state index in [1.165, 1.54) is 4.90 Å². The zero-order chi connectivity index (χ0) is 12.1. The molecule has 3 N–H and O–H groups in total. The van der Waals surface area contributed by atoms with E-state index in [1.807, 2.05) is 6.92 Å². The largest absolute Gasteiger partial charge is 0.480 e. The van der Waals surface area contributed by atoms with Crippen LogP contribution in [0.15, 0.2) is 0 Å². The lowest BCUT2D eigenvalue weighted by Gasteiger charge is -2.24. The summed E-state index contributed by atoms with van der Waals surface area (Å²) in [5.74, 6) is -1.62. The second-order valence-electron chi connectivity index (χ2n) is 3.96. The van der Waals surface area contributed by atoms with E-state index in [0.717, 1.165) is 6.42 Å². The lowest BCUT2D eigenvalue weighted by atomic mass is 10.0. The molecule has 0 aromatic carbocycles. The van der Waals surface area contributed by atoms with Gasteiger partial charge in [-0.25, -0.2) is 0 Å². The van der Waals surface area contributed by atoms with Crippen molar-refractivity contribution >= 4 is 11.9 Å². The van der Waals surface area contributed by atoms with Crippen molar-refractivity contribution in [3.05, 3.63) is 0 Å². The normalized spacial score (nSPS) is 24.4. The van der Waals surface area contributed by atoms with Crippen LogP contribution in [0.5, 0.6) is 0 Å². The van der Waals surface area contributed by atoms with Gasteiger partial charge >= 0.3 is 5.97 Å². The third-order valence-electron chi connectivity index (χ3n) is 2.57. The third kappa shape index (κ3) is 3.18. The van der Waals surface area contributed by atoms with E-state index in [2.05, 4.69) is 0 Å². The second kappa shape index (κ2) is 5.81. The van der Waals surface area contributed by atoms with Crippen LogP contribution in [0.4, 0.5) is 0 Å². The molecule has 1 fully saturated rings. The number of amides is 1. The first kappa shape index (κ1) is 12.9. The minimum absolute atomic E-state index is 0.214. The van der Waals surface area contributed by atoms with Gasteiger partial charge in [-0.3, -0.25) is 9.59 Å². The molecule has 16 heavy (non-hydrogen) atoms. The fourth-order valence-electron chi connectivity index (χ4n) is 1.76. The minimum atomic E-state index is -1.01. The van der Waals surface area contributed by atoms with E-state index in [0.29, 0.717) is 19.8 Å². The molecule has 0 radical (unpaired) electrons. The molecule has 1 saturated heterocycles. The van der Waals surface area contributed by atoms with E-state index in [-0.39, 0.29) is 18.5 Å². The lowest BCUT2D eigenvalue weighted by Crippen LogP contribution is -2.45. The highest BCUT2D eigenvalue weighted by Crippen LogP contribution is 2.15. The van der Waals surface area contributed by atoms with Crippen LogP contribution in [0, 0.1) is 5.92 Å². The van der Waals surface area contributed by atoms with Gasteiger partial charge in [-0.1, -0.05) is 6.92 Å². The number of nitrogens with zero attached hydrogens (tertiary/aromatic N) is 1. The van der Waals surface area contributed by atoms with Crippen molar-refractivity contribution < 1.29 is 19.4 Å². The zero-order valence-electron chi connectivity index (χ0n) is 9.39. The minimum Gasteiger partial charge on any atom is -0.480 e. The number of hydrogen-bond donors (Lipinski definition) is 2. The van der Waals surface area contributed by atoms with Gasteiger partial charge in [0.1, 0.15) is 6.54 Å². The van der Waals surface area contributed by atoms with Gasteiger partial charge in [0, 0.05) is 12.6 Å². The highest BCUT2D eigenvalue weighted by atomic mass is 16.5. The molecular weight excluding hydrogens is 212 g/mol. The Morgan fingerprint density at radius 3 is 2.62 bits per heavy atom. The number of carboxylic acid groups (broad SMARTS) is 1. The summed E-state index contributed by atoms with van der Waals surface area (Å²) in [6.45, 7) is 2.72. The van der Waals surface area contributed by atoms with Crippen LogP contribution in [0.2, 0.25) is 0 Å². The molecule has 1 amide bonds. The molecule has 2 atom stereocenters. The van der Waals surface area contributed by atoms with Gasteiger partial charge in [0.05, 0.1) is 19.1 Å². The number of carboxylic acids is 1. The topological polar surface area (TPSA) is 92.9 Å². The van der Waals surface area contributed by atoms with E-state index in [4.69, 9.17) is 15.6 Å². The highest BCUT2D eigenvalue weighted by molar-refractivity contribution is 5.83. The molecule has 0 aromatic rings. The average Bonchev–Trinajstić information content (AvgIpc) is 2.62. The molecule has 1 heterocycles. The van der Waals surface area contributed by atoms with Crippen LogP contribution in [-0.4, -0.2) is 54.2 Å². The molecular formula is C10H18N2O4. The third-order valence-corrected chi connectivity index (χ3v) is 2.57. The smallest absolute Gasteiger partial charge is 0.323 e. The fraction of sp³-hybridized carbons (Fsp3) is 0.800. The van der Waals surface area contributed by atoms with Crippen LogP contribution in [0.25, 0.3) is 0 Å². The molecule has 92 valence electrons. The number of rotatable bonds is 5. The predicted molar refractivity (Wildman–Crippen MR) is 56.8 cm³/mol. The second-order valence-corrected chi connectivity index (χ2v) is 3.96. The molecule has 2 unspecified atom stereocenters. The Morgan fingerprint density at radius 2 is 2.19 bits per heavy atom. The number of carbonyl (C=O) groups excluding carboxylic acids is 1. The summed E-state index contributed by atoms with van der Waals surface area (Å²) in [4.78, 5) is 23.9. The number of ether oxygens (including phenoxy) is 1. The molecule has 0 bridgehead atoms. The van der Waals surface area contributed by atoms with Crippen LogP contribution in [0.3, 0.4) is 0 Å². The first-order valence-corrected chi connectivity index (χ1v) is 5.40. The predicted octanol–water partition coefficient (Wildman–Crippen LogP) is -0.717. The molecule has 0 saturated carbocycles. The Kier molecular flexibility index (Phi) is 4.70. The van der Waals surface area contributed by atoms with Crippen molar-refractivity contribution in [2.75, 3.05) is 26.3 Å². The molecule has 6 nitrogen and oxygen atoms in total. The summed E-state index contributed by atoms with van der Waals surface area (Å²) in [5, 5.41) is 8.71. The Hall–Kier alpha value is -1.14. The SMILES string of the molecule is CCCN(CC(=O)O)C(=O)C1COCC1N. The van der Waals surface area contributed by atoms with Gasteiger partial charge in [0.15, 0.2) is 0 Å². The number of carbonyl (C=O) groups is 2. The molecule has 6 heteroatoms. The maximum absolute atomic E-state index is 12.0. The monoisotopic (exact) mass is 230 g/mol. The quantitative estimate of drug-likeness (QED) is 0.650. The molecule has 0 aliphatic carbocycles. The van der Waals surface area contributed by atoms with Crippen molar-refractivity contribution in [1.82, 2.24) is 4.90 Å². The summed E-state index contributed by atoms with van der Waals surface area (Å²) >= 11 is 0. The molecule has 1 rings (SSSR count). The van der Waals surface area contributed by atoms with Gasteiger partial charge < -0.3 is 20.5 Å². The molecule has 1 aliphatic rings. The van der Waals surface area contributed by atoms with Crippen LogP contribution in [0.1, 0.15) is 13.3 Å². The maximum atomic E-state index is 12.0. The van der Waals surface area contributed by atoms with Crippen LogP contribution >= 0.6 is 0 Å². The van der Waals surface area contributed by atoms with Crippen LogP contribution in [-0.2, 0) is 14.3 Å². The summed E-state index contributed by atoms with van der Waals surface area (Å²) in [6.07, 6.45) is 0.724. The van der Waals surface area contributed by atoms with Crippen molar-refractivity contribution in [2.45, 2.75) is 19.4 Å². The molecule has 0 spiro atoms. The summed E-state index contributed by atoms with van der Waals surface area (Å²) in [7, 11) is 0. The summed E-state index contributed by atoms with van der Waals surface area (Å²) in [6, 6.07) is -0.319. The van der Waals surface area contributed by atoms with Gasteiger partial charge in [0.2, 0.25) is 5.91 Å². The Bertz CT molecular complexity index is 270. The van der Waals surface area contributed by atoms with E-state index in [1.54, 1.807) is 0 Å². The average molecular weight is 230 g/mol. The Labute approximate surface area is 94.3 Å². The van der Waals surface area contributed by atoms with E-state index < -0.39 is 11.9 Å². The lowest BCUT2D eigenvalue weighted by molar-refractivity contribution is -0.146. The molecule has 1 aliphatic heterocycles. The maximum Gasteiger partial charge on any atom is 0.323 e. The van der Waals surface area contributed by atoms with Crippen molar-refractivity contribution in [2.24, 2.45) is 11.7 Å². The Morgan fingerprint density at radius 1 is 1.50 bits per heavy atom. The van der Waals surface area contributed by atoms with E-state index in [9.17, 15) is 9.59 Å². The van der Waals surface area contributed by atoms with Crippen molar-refractivity contribution in [1.29, 1.82) is 0 Å². The highest BCUT2D eigenvalue weighted by Gasteiger charge is 2.34. The van der Waals surface area contributed by atoms with Crippen molar-refractivity contribution in [3.63, 3.8) is 0 Å². The fourth-order valence-corrected chi connectivity index (χ4v) is 1.76. The zero-order valence-corrected chi connectivity index (χ0v) is 9.39. The first-order chi connectivity index (χ1) is 7.56. The van der Waals surface area contributed by atoms with E-state index >= 15 is 0 Å². The van der Waals surface area contributed by atoms with Gasteiger partial charge in [0.25, 0.3) is 0 Å². The van der Waals surface area contributed by atoms with Gasteiger partial charge in [-0.2, -0.15) is 0 Å². The number of hydrogen-bond acceptors (Lipinski definition) is 4. The van der Waals surface area contributed by atoms with Crippen LogP contribution < -0.4 is 5.73 Å². The van der Waals surface area contributed by atoms with Gasteiger partial charge in [-0.15, -0.1) is 0 Å². The summed E-state index contributed by atoms with van der Waals surface area (Å²) in [5.41, 5.74) is 5.72. The standard InChI is InChI=1S/C10H18N2O4/c1-2-3-12(4-9(13)14)10(15)7-5-16-6-8(7)11/h7-8H,2-6,11H2,1H3,(H,13,14). The number of aliphatic carboxylic acids is 1. The Balaban J connectivity index is 2.62. The van der Waals surface area contributed by atoms with Gasteiger partial charge in [-0.05, 0) is 6.42 Å². The first-order valence-electron chi connectivity index (χ1n) is 5.40. The number of nitrogens with two attached hydrogens (primary N) is 1. The summed E-state index contributed by atoms with van der Waals surface area (Å²) < 4.78 is 5.10. The molecule has 0 aromatic heterocycles.